The van der Waals surface area contributed by atoms with Gasteiger partial charge in [-0.05, 0) is 10.9 Å². The van der Waals surface area contributed by atoms with E-state index in [2.05, 4.69) is 0 Å². The van der Waals surface area contributed by atoms with Crippen LogP contribution in [0.3, 0.4) is 0 Å². The molecule has 3 heterocycles. The minimum absolute atomic E-state index is 0.331. The molecule has 2 aromatic carbocycles. The zero-order valence-electron chi connectivity index (χ0n) is 14.0. The minimum Gasteiger partial charge on any atom is -0.405 e. The normalized spacial score (nSPS) is 33.7. The highest BCUT2D eigenvalue weighted by Gasteiger charge is 2.56. The van der Waals surface area contributed by atoms with Crippen LogP contribution in [0.5, 0.6) is 0 Å². The van der Waals surface area contributed by atoms with Gasteiger partial charge in [-0.1, -0.05) is 60.7 Å². The maximum atomic E-state index is 10.4. The van der Waals surface area contributed by atoms with E-state index in [9.17, 15) is 5.11 Å². The molecule has 8 heteroatoms. The zero-order valence-corrected chi connectivity index (χ0v) is 14.0. The molecule has 6 nitrogen and oxygen atoms in total. The van der Waals surface area contributed by atoms with Crippen LogP contribution in [0.15, 0.2) is 60.7 Å². The average Bonchev–Trinajstić information content (AvgIpc) is 3.23. The standard InChI is InChI=1S/C18H18B2O6/c21-15-17-16(14-11-22-19(24-14)12-7-3-1-4-8-12)23-18(15)26-20(25-17)13-9-5-2-6-10-13/h1-10,14-18,21H,11H2/t14-,15-,16-,17-,18-/m1/s1. The van der Waals surface area contributed by atoms with E-state index in [4.69, 9.17) is 23.4 Å². The number of ether oxygens (including phenoxy) is 1. The average molecular weight is 352 g/mol. The molecule has 0 radical (unpaired) electrons. The SMILES string of the molecule is O[C@H]1[C@H]2OB(c3ccccc3)O[C@H]1[C@@H]([C@H]1COB(c3ccccc3)O1)O2. The Balaban J connectivity index is 1.31. The Morgan fingerprint density at radius 1 is 0.769 bits per heavy atom. The molecular weight excluding hydrogens is 334 g/mol. The third kappa shape index (κ3) is 2.89. The first-order valence-corrected chi connectivity index (χ1v) is 8.81. The Morgan fingerprint density at radius 3 is 2.12 bits per heavy atom. The maximum absolute atomic E-state index is 10.4. The second-order valence-electron chi connectivity index (χ2n) is 6.69. The quantitative estimate of drug-likeness (QED) is 0.765. The number of fused-ring (bicyclic) bond motifs is 2. The van der Waals surface area contributed by atoms with Crippen LogP contribution in [0.25, 0.3) is 0 Å². The summed E-state index contributed by atoms with van der Waals surface area (Å²) >= 11 is 0. The van der Waals surface area contributed by atoms with Crippen LogP contribution in [0.4, 0.5) is 0 Å². The molecule has 3 saturated heterocycles. The Hall–Kier alpha value is -1.67. The van der Waals surface area contributed by atoms with Gasteiger partial charge in [0.2, 0.25) is 0 Å². The van der Waals surface area contributed by atoms with Crippen molar-refractivity contribution in [2.24, 2.45) is 0 Å². The highest BCUT2D eigenvalue weighted by Crippen LogP contribution is 2.34. The van der Waals surface area contributed by atoms with Crippen LogP contribution in [-0.4, -0.2) is 56.7 Å². The van der Waals surface area contributed by atoms with Gasteiger partial charge in [0.15, 0.2) is 6.29 Å². The lowest BCUT2D eigenvalue weighted by atomic mass is 9.77. The van der Waals surface area contributed by atoms with Crippen LogP contribution in [0.1, 0.15) is 0 Å². The lowest BCUT2D eigenvalue weighted by Crippen LogP contribution is -2.54. The van der Waals surface area contributed by atoms with Gasteiger partial charge in [-0.25, -0.2) is 0 Å². The fourth-order valence-corrected chi connectivity index (χ4v) is 3.67. The molecule has 2 aromatic rings. The van der Waals surface area contributed by atoms with E-state index in [1.165, 1.54) is 0 Å². The van der Waals surface area contributed by atoms with E-state index in [0.717, 1.165) is 10.9 Å². The van der Waals surface area contributed by atoms with Gasteiger partial charge < -0.3 is 28.5 Å². The van der Waals surface area contributed by atoms with Gasteiger partial charge in [0.25, 0.3) is 0 Å². The fourth-order valence-electron chi connectivity index (χ4n) is 3.67. The first-order chi connectivity index (χ1) is 12.8. The van der Waals surface area contributed by atoms with Crippen LogP contribution in [-0.2, 0) is 23.4 Å². The van der Waals surface area contributed by atoms with Crippen molar-refractivity contribution < 1.29 is 28.5 Å². The van der Waals surface area contributed by atoms with Crippen molar-refractivity contribution in [3.63, 3.8) is 0 Å². The van der Waals surface area contributed by atoms with E-state index in [1.54, 1.807) is 0 Å². The van der Waals surface area contributed by atoms with Gasteiger partial charge >= 0.3 is 14.2 Å². The molecule has 3 aliphatic rings. The highest BCUT2D eigenvalue weighted by molar-refractivity contribution is 6.62. The Labute approximate surface area is 152 Å². The van der Waals surface area contributed by atoms with Gasteiger partial charge in [0.1, 0.15) is 18.3 Å². The largest absolute Gasteiger partial charge is 0.496 e. The number of aliphatic hydroxyl groups is 1. The molecule has 26 heavy (non-hydrogen) atoms. The molecule has 5 atom stereocenters. The third-order valence-corrected chi connectivity index (χ3v) is 4.99. The molecule has 0 aliphatic carbocycles. The van der Waals surface area contributed by atoms with Crippen molar-refractivity contribution >= 4 is 25.2 Å². The summed E-state index contributed by atoms with van der Waals surface area (Å²) < 4.78 is 29.5. The molecule has 0 saturated carbocycles. The van der Waals surface area contributed by atoms with Crippen molar-refractivity contribution in [2.75, 3.05) is 6.61 Å². The van der Waals surface area contributed by atoms with Crippen LogP contribution < -0.4 is 10.9 Å². The van der Waals surface area contributed by atoms with E-state index in [0.29, 0.717) is 6.61 Å². The topological polar surface area (TPSA) is 66.4 Å². The van der Waals surface area contributed by atoms with Crippen molar-refractivity contribution in [1.82, 2.24) is 0 Å². The number of hydrogen-bond donors (Lipinski definition) is 1. The molecule has 0 amide bonds. The first-order valence-electron chi connectivity index (χ1n) is 8.81. The second-order valence-corrected chi connectivity index (χ2v) is 6.69. The maximum Gasteiger partial charge on any atom is 0.496 e. The zero-order chi connectivity index (χ0) is 17.5. The summed E-state index contributed by atoms with van der Waals surface area (Å²) in [7, 11) is -1.000. The third-order valence-electron chi connectivity index (χ3n) is 4.99. The number of rotatable bonds is 3. The molecule has 132 valence electrons. The molecular formula is C18H18B2O6. The van der Waals surface area contributed by atoms with Gasteiger partial charge in [-0.3, -0.25) is 0 Å². The minimum atomic E-state index is -0.848. The van der Waals surface area contributed by atoms with Gasteiger partial charge in [-0.15, -0.1) is 0 Å². The lowest BCUT2D eigenvalue weighted by Gasteiger charge is -2.30. The summed E-state index contributed by atoms with van der Waals surface area (Å²) in [5, 5.41) is 10.4. The van der Waals surface area contributed by atoms with Gasteiger partial charge in [-0.2, -0.15) is 0 Å². The molecule has 0 unspecified atom stereocenters. The van der Waals surface area contributed by atoms with Crippen molar-refractivity contribution in [2.45, 2.75) is 30.7 Å². The van der Waals surface area contributed by atoms with Crippen molar-refractivity contribution in [3.8, 4) is 0 Å². The summed E-state index contributed by atoms with van der Waals surface area (Å²) in [6, 6.07) is 19.4. The molecule has 3 fully saturated rings. The molecule has 5 rings (SSSR count). The summed E-state index contributed by atoms with van der Waals surface area (Å²) in [5.74, 6) is 0. The monoisotopic (exact) mass is 352 g/mol. The first kappa shape index (κ1) is 16.5. The molecule has 1 N–H and O–H groups in total. The summed E-state index contributed by atoms with van der Waals surface area (Å²) in [6.45, 7) is 0.375. The molecule has 3 aliphatic heterocycles. The lowest BCUT2D eigenvalue weighted by molar-refractivity contribution is -0.134. The highest BCUT2D eigenvalue weighted by atomic mass is 16.8. The van der Waals surface area contributed by atoms with Crippen LogP contribution in [0, 0.1) is 0 Å². The summed E-state index contributed by atoms with van der Waals surface area (Å²) in [6.07, 6.45) is -2.88. The smallest absolute Gasteiger partial charge is 0.405 e. The van der Waals surface area contributed by atoms with Crippen molar-refractivity contribution in [1.29, 1.82) is 0 Å². The molecule has 2 bridgehead atoms. The van der Waals surface area contributed by atoms with E-state index >= 15 is 0 Å². The van der Waals surface area contributed by atoms with Gasteiger partial charge in [0, 0.05) is 0 Å². The van der Waals surface area contributed by atoms with Crippen LogP contribution in [0.2, 0.25) is 0 Å². The Morgan fingerprint density at radius 2 is 1.42 bits per heavy atom. The predicted molar refractivity (Wildman–Crippen MR) is 95.1 cm³/mol. The summed E-state index contributed by atoms with van der Waals surface area (Å²) in [4.78, 5) is 0. The fraction of sp³-hybridized carbons (Fsp3) is 0.333. The van der Waals surface area contributed by atoms with E-state index < -0.39 is 38.8 Å². The Kier molecular flexibility index (Phi) is 4.32. The Bertz CT molecular complexity index is 748. The van der Waals surface area contributed by atoms with Gasteiger partial charge in [0.05, 0.1) is 12.7 Å². The molecule has 0 aromatic heterocycles. The number of benzene rings is 2. The van der Waals surface area contributed by atoms with E-state index in [-0.39, 0.29) is 6.10 Å². The van der Waals surface area contributed by atoms with E-state index in [1.807, 2.05) is 60.7 Å². The second kappa shape index (κ2) is 6.81. The molecule has 0 spiro atoms. The summed E-state index contributed by atoms with van der Waals surface area (Å²) in [5.41, 5.74) is 1.85. The predicted octanol–water partition coefficient (Wildman–Crippen LogP) is -0.306. The number of hydrogen-bond acceptors (Lipinski definition) is 6. The number of aliphatic hydroxyl groups excluding tert-OH is 1. The van der Waals surface area contributed by atoms with Crippen LogP contribution >= 0.6 is 0 Å². The van der Waals surface area contributed by atoms with Crippen molar-refractivity contribution in [3.05, 3.63) is 60.7 Å².